The molecule has 92 valence electrons. The number of anilines is 1. The van der Waals surface area contributed by atoms with E-state index in [9.17, 15) is 18.0 Å². The number of carbonyl (C=O) groups is 2. The van der Waals surface area contributed by atoms with Crippen molar-refractivity contribution in [3.05, 3.63) is 29.8 Å². The molecule has 0 aromatic heterocycles. The van der Waals surface area contributed by atoms with Crippen LogP contribution >= 0.6 is 10.7 Å². The fraction of sp³-hybridized carbons (Fsp3) is 0.111. The second-order valence-electron chi connectivity index (χ2n) is 3.02. The summed E-state index contributed by atoms with van der Waals surface area (Å²) in [7, 11) is 0.403. The topological polar surface area (TPSA) is 89.5 Å². The number of carbonyl (C=O) groups excluding carboxylic acids is 2. The van der Waals surface area contributed by atoms with Crippen LogP contribution in [0, 0.1) is 0 Å². The first kappa shape index (κ1) is 13.5. The third kappa shape index (κ3) is 4.83. The molecular formula is C9H8ClNO5S. The van der Waals surface area contributed by atoms with Gasteiger partial charge in [-0.15, -0.1) is 0 Å². The molecule has 0 heterocycles. The maximum absolute atomic E-state index is 11.2. The molecule has 1 amide bonds. The molecule has 8 heteroatoms. The monoisotopic (exact) mass is 277 g/mol. The summed E-state index contributed by atoms with van der Waals surface area (Å²) in [5.41, 5.74) is 0.478. The molecule has 1 rings (SSSR count). The Labute approximate surface area is 102 Å². The predicted molar refractivity (Wildman–Crippen MR) is 60.9 cm³/mol. The highest BCUT2D eigenvalue weighted by Gasteiger charge is 2.15. The molecule has 0 fully saturated rings. The van der Waals surface area contributed by atoms with Crippen molar-refractivity contribution < 1.29 is 22.2 Å². The van der Waals surface area contributed by atoms with E-state index in [1.54, 1.807) is 0 Å². The number of halogens is 1. The van der Waals surface area contributed by atoms with Crippen molar-refractivity contribution in [3.63, 3.8) is 0 Å². The van der Waals surface area contributed by atoms with E-state index in [1.807, 2.05) is 0 Å². The van der Waals surface area contributed by atoms with Gasteiger partial charge in [-0.1, -0.05) is 0 Å². The van der Waals surface area contributed by atoms with E-state index in [2.05, 4.69) is 9.50 Å². The van der Waals surface area contributed by atoms with Gasteiger partial charge in [0.05, 0.1) is 16.2 Å². The predicted octanol–water partition coefficient (Wildman–Crippen LogP) is 1.29. The third-order valence-electron chi connectivity index (χ3n) is 1.62. The minimum Gasteiger partial charge on any atom is -0.330 e. The smallest absolute Gasteiger partial charge is 0.330 e. The van der Waals surface area contributed by atoms with E-state index in [0.29, 0.717) is 5.69 Å². The van der Waals surface area contributed by atoms with E-state index in [4.69, 9.17) is 10.7 Å². The molecule has 6 nitrogen and oxygen atoms in total. The zero-order valence-electron chi connectivity index (χ0n) is 8.64. The van der Waals surface area contributed by atoms with E-state index >= 15 is 0 Å². The van der Waals surface area contributed by atoms with Crippen molar-refractivity contribution >= 4 is 37.6 Å². The number of rotatable bonds is 3. The molecular weight excluding hydrogens is 270 g/mol. The number of amides is 1. The molecule has 0 atom stereocenters. The summed E-state index contributed by atoms with van der Waals surface area (Å²) in [6.07, 6.45) is 0. The lowest BCUT2D eigenvalue weighted by Crippen LogP contribution is -2.09. The van der Waals surface area contributed by atoms with Gasteiger partial charge in [0.1, 0.15) is 0 Å². The van der Waals surface area contributed by atoms with Crippen molar-refractivity contribution in [2.45, 2.75) is 6.92 Å². The van der Waals surface area contributed by atoms with Gasteiger partial charge in [0.25, 0.3) is 0 Å². The molecule has 0 bridgehead atoms. The first-order valence-corrected chi connectivity index (χ1v) is 6.57. The lowest BCUT2D eigenvalue weighted by Gasteiger charge is -2.03. The Bertz CT molecular complexity index is 537. The van der Waals surface area contributed by atoms with Gasteiger partial charge in [-0.25, -0.2) is 4.79 Å². The van der Waals surface area contributed by atoms with Gasteiger partial charge >= 0.3 is 15.3 Å². The Morgan fingerprint density at radius 3 is 2.18 bits per heavy atom. The van der Waals surface area contributed by atoms with Crippen LogP contribution in [-0.2, 0) is 18.3 Å². The normalized spacial score (nSPS) is 10.7. The van der Waals surface area contributed by atoms with Crippen LogP contribution in [0.2, 0.25) is 0 Å². The average Bonchev–Trinajstić information content (AvgIpc) is 2.15. The van der Waals surface area contributed by atoms with E-state index in [1.165, 1.54) is 31.2 Å². The molecule has 0 unspecified atom stereocenters. The Balaban J connectivity index is 2.81. The Morgan fingerprint density at radius 2 is 1.76 bits per heavy atom. The van der Waals surface area contributed by atoms with Crippen LogP contribution in [0.1, 0.15) is 17.3 Å². The van der Waals surface area contributed by atoms with Crippen molar-refractivity contribution in [2.75, 3.05) is 5.32 Å². The van der Waals surface area contributed by atoms with E-state index in [0.717, 1.165) is 0 Å². The summed E-state index contributed by atoms with van der Waals surface area (Å²) in [6.45, 7) is 1.34. The highest BCUT2D eigenvalue weighted by Crippen LogP contribution is 2.12. The van der Waals surface area contributed by atoms with Crippen LogP contribution in [0.25, 0.3) is 0 Å². The molecule has 1 N–H and O–H groups in total. The fourth-order valence-corrected chi connectivity index (χ4v) is 1.48. The lowest BCUT2D eigenvalue weighted by atomic mass is 10.2. The van der Waals surface area contributed by atoms with Crippen LogP contribution in [0.4, 0.5) is 5.69 Å². The van der Waals surface area contributed by atoms with Gasteiger partial charge in [0, 0.05) is 12.6 Å². The summed E-state index contributed by atoms with van der Waals surface area (Å²) in [6, 6.07) is 5.46. The minimum absolute atomic E-state index is 0.00308. The molecule has 0 spiro atoms. The molecule has 17 heavy (non-hydrogen) atoms. The standard InChI is InChI=1S/C9H8ClNO5S/c1-6(12)11-8-4-2-7(3-5-8)9(13)16-17(10,14)15/h2-5H,1H3,(H,11,12). The van der Waals surface area contributed by atoms with E-state index < -0.39 is 15.3 Å². The highest BCUT2D eigenvalue weighted by molar-refractivity contribution is 8.10. The zero-order chi connectivity index (χ0) is 13.1. The van der Waals surface area contributed by atoms with Crippen molar-refractivity contribution in [1.29, 1.82) is 0 Å². The number of nitrogens with one attached hydrogen (secondary N) is 1. The molecule has 0 aliphatic carbocycles. The van der Waals surface area contributed by atoms with Gasteiger partial charge in [0.15, 0.2) is 0 Å². The minimum atomic E-state index is -4.35. The summed E-state index contributed by atoms with van der Waals surface area (Å²) in [4.78, 5) is 21.9. The van der Waals surface area contributed by atoms with Gasteiger partial charge in [-0.05, 0) is 24.3 Å². The van der Waals surface area contributed by atoms with Crippen LogP contribution < -0.4 is 5.32 Å². The Hall–Kier alpha value is -1.60. The van der Waals surface area contributed by atoms with Gasteiger partial charge < -0.3 is 9.50 Å². The van der Waals surface area contributed by atoms with E-state index in [-0.39, 0.29) is 11.5 Å². The number of hydrogen-bond donors (Lipinski definition) is 1. The number of benzene rings is 1. The van der Waals surface area contributed by atoms with Crippen LogP contribution in [0.3, 0.4) is 0 Å². The van der Waals surface area contributed by atoms with Gasteiger partial charge in [-0.2, -0.15) is 8.42 Å². The fourth-order valence-electron chi connectivity index (χ4n) is 1.03. The maximum Gasteiger partial charge on any atom is 0.404 e. The second-order valence-corrected chi connectivity index (χ2v) is 5.11. The first-order valence-electron chi connectivity index (χ1n) is 4.34. The summed E-state index contributed by atoms with van der Waals surface area (Å²) in [5.74, 6) is -1.35. The summed E-state index contributed by atoms with van der Waals surface area (Å²) >= 11 is 0. The summed E-state index contributed by atoms with van der Waals surface area (Å²) in [5, 5.41) is 2.48. The zero-order valence-corrected chi connectivity index (χ0v) is 10.2. The molecule has 0 radical (unpaired) electrons. The van der Waals surface area contributed by atoms with Gasteiger partial charge in [-0.3, -0.25) is 4.79 Å². The molecule has 1 aromatic carbocycles. The molecule has 0 aliphatic heterocycles. The molecule has 0 aliphatic rings. The largest absolute Gasteiger partial charge is 0.404 e. The lowest BCUT2D eigenvalue weighted by molar-refractivity contribution is -0.114. The van der Waals surface area contributed by atoms with Crippen molar-refractivity contribution in [2.24, 2.45) is 0 Å². The molecule has 0 saturated heterocycles. The van der Waals surface area contributed by atoms with Crippen molar-refractivity contribution in [1.82, 2.24) is 0 Å². The highest BCUT2D eigenvalue weighted by atomic mass is 35.7. The van der Waals surface area contributed by atoms with Crippen molar-refractivity contribution in [3.8, 4) is 0 Å². The van der Waals surface area contributed by atoms with Crippen LogP contribution in [-0.4, -0.2) is 20.3 Å². The SMILES string of the molecule is CC(=O)Nc1ccc(C(=O)OS(=O)(=O)Cl)cc1. The number of hydrogen-bond acceptors (Lipinski definition) is 5. The Kier molecular flexibility index (Phi) is 4.08. The molecule has 0 saturated carbocycles. The third-order valence-corrected chi connectivity index (χ3v) is 2.16. The van der Waals surface area contributed by atoms with Gasteiger partial charge in [0.2, 0.25) is 5.91 Å². The second kappa shape index (κ2) is 5.15. The Morgan fingerprint density at radius 1 is 1.24 bits per heavy atom. The first-order chi connectivity index (χ1) is 7.78. The average molecular weight is 278 g/mol. The maximum atomic E-state index is 11.2. The summed E-state index contributed by atoms with van der Waals surface area (Å²) < 4.78 is 24.9. The molecule has 1 aromatic rings. The van der Waals surface area contributed by atoms with Crippen LogP contribution in [0.15, 0.2) is 24.3 Å². The van der Waals surface area contributed by atoms with Crippen LogP contribution in [0.5, 0.6) is 0 Å². The quantitative estimate of drug-likeness (QED) is 0.841.